The van der Waals surface area contributed by atoms with E-state index in [2.05, 4.69) is 145 Å². The van der Waals surface area contributed by atoms with E-state index in [1.54, 1.807) is 6.08 Å². The van der Waals surface area contributed by atoms with E-state index in [0.29, 0.717) is 6.42 Å². The quantitative estimate of drug-likeness (QED) is 0.0629. The molecule has 7 heteroatoms. The van der Waals surface area contributed by atoms with Crippen LogP contribution < -0.4 is 20.7 Å². The molecule has 1 aliphatic rings. The smallest absolute Gasteiger partial charge is 0.306 e. The molecule has 5 rings (SSSR count). The highest BCUT2D eigenvalue weighted by Crippen LogP contribution is 2.48. The van der Waals surface area contributed by atoms with Crippen molar-refractivity contribution in [1.29, 1.82) is 0 Å². The van der Waals surface area contributed by atoms with Gasteiger partial charge in [-0.05, 0) is 44.2 Å². The Kier molecular flexibility index (Phi) is 13.4. The second-order valence-corrected chi connectivity index (χ2v) is 25.0. The summed E-state index contributed by atoms with van der Waals surface area (Å²) in [7, 11) is -6.12. The Bertz CT molecular complexity index is 1760. The van der Waals surface area contributed by atoms with Crippen molar-refractivity contribution in [3.05, 3.63) is 133 Å². The zero-order valence-electron chi connectivity index (χ0n) is 33.1. The van der Waals surface area contributed by atoms with Crippen molar-refractivity contribution in [1.82, 2.24) is 0 Å². The summed E-state index contributed by atoms with van der Waals surface area (Å²) in [6, 6.07) is 42.5. The number of rotatable bonds is 14. The van der Waals surface area contributed by atoms with Gasteiger partial charge in [-0.3, -0.25) is 4.79 Å². The molecule has 0 bridgehead atoms. The average Bonchev–Trinajstić information content (AvgIpc) is 3.46. The van der Waals surface area contributed by atoms with E-state index in [4.69, 9.17) is 20.0 Å². The van der Waals surface area contributed by atoms with Gasteiger partial charge >= 0.3 is 5.97 Å². The Hall–Kier alpha value is -4.04. The molecule has 0 aliphatic heterocycles. The lowest BCUT2D eigenvalue weighted by atomic mass is 9.90. The number of benzene rings is 4. The largest absolute Gasteiger partial charge is 0.466 e. The first kappa shape index (κ1) is 41.1. The molecule has 4 aromatic carbocycles. The fourth-order valence-electron chi connectivity index (χ4n) is 8.58. The fraction of sp³-hybridized carbons (Fsp3) is 0.383. The molecule has 1 fully saturated rings. The molecular weight excluding hydrogens is 701 g/mol. The normalized spacial score (nSPS) is 20.1. The lowest BCUT2D eigenvalue weighted by molar-refractivity contribution is -0.145. The Morgan fingerprint density at radius 1 is 0.741 bits per heavy atom. The second-order valence-electron chi connectivity index (χ2n) is 16.5. The van der Waals surface area contributed by atoms with Crippen LogP contribution in [0, 0.1) is 24.2 Å². The molecule has 0 radical (unpaired) electrons. The number of hydrogen-bond donors (Lipinski definition) is 1. The van der Waals surface area contributed by atoms with Gasteiger partial charge in [0.25, 0.3) is 16.6 Å². The van der Waals surface area contributed by atoms with Gasteiger partial charge < -0.3 is 18.7 Å². The average molecular weight is 759 g/mol. The van der Waals surface area contributed by atoms with Gasteiger partial charge in [0.05, 0.1) is 31.3 Å². The van der Waals surface area contributed by atoms with Gasteiger partial charge in [0.15, 0.2) is 0 Å². The number of esters is 1. The summed E-state index contributed by atoms with van der Waals surface area (Å²) < 4.78 is 21.4. The lowest BCUT2D eigenvalue weighted by Gasteiger charge is -2.46. The van der Waals surface area contributed by atoms with Gasteiger partial charge in [0.2, 0.25) is 0 Å². The van der Waals surface area contributed by atoms with Crippen LogP contribution in [0.2, 0.25) is 10.1 Å². The third kappa shape index (κ3) is 8.59. The van der Waals surface area contributed by atoms with E-state index >= 15 is 0 Å². The van der Waals surface area contributed by atoms with Crippen molar-refractivity contribution in [2.45, 2.75) is 96.1 Å². The third-order valence-electron chi connectivity index (χ3n) is 10.9. The van der Waals surface area contributed by atoms with Crippen molar-refractivity contribution in [3.8, 4) is 12.3 Å². The fourth-order valence-corrected chi connectivity index (χ4v) is 18.0. The molecule has 0 aromatic heterocycles. The summed E-state index contributed by atoms with van der Waals surface area (Å²) in [5, 5.41) is 15.1. The predicted molar refractivity (Wildman–Crippen MR) is 226 cm³/mol. The minimum atomic E-state index is -3.06. The van der Waals surface area contributed by atoms with Crippen molar-refractivity contribution >= 4 is 43.4 Å². The number of ether oxygens (including phenoxy) is 1. The van der Waals surface area contributed by atoms with Gasteiger partial charge in [-0.15, -0.1) is 12.3 Å². The summed E-state index contributed by atoms with van der Waals surface area (Å²) in [4.78, 5) is 13.6. The van der Waals surface area contributed by atoms with E-state index in [1.165, 1.54) is 20.7 Å². The summed E-state index contributed by atoms with van der Waals surface area (Å²) in [6.45, 7) is 15.8. The van der Waals surface area contributed by atoms with Crippen LogP contribution >= 0.6 is 0 Å². The Morgan fingerprint density at radius 2 is 1.13 bits per heavy atom. The molecule has 0 amide bonds. The van der Waals surface area contributed by atoms with Gasteiger partial charge in [-0.2, -0.15) is 0 Å². The van der Waals surface area contributed by atoms with E-state index in [-0.39, 0.29) is 59.5 Å². The molecule has 4 aromatic rings. The molecule has 5 atom stereocenters. The number of carbonyl (C=O) groups is 1. The third-order valence-corrected chi connectivity index (χ3v) is 21.1. The highest BCUT2D eigenvalue weighted by molar-refractivity contribution is 7.00. The second kappa shape index (κ2) is 17.6. The molecule has 1 N–H and O–H groups in total. The van der Waals surface area contributed by atoms with Crippen molar-refractivity contribution in [2.24, 2.45) is 11.8 Å². The molecule has 54 heavy (non-hydrogen) atoms. The van der Waals surface area contributed by atoms with E-state index in [0.717, 1.165) is 0 Å². The zero-order valence-corrected chi connectivity index (χ0v) is 35.1. The topological polar surface area (TPSA) is 65.0 Å². The van der Waals surface area contributed by atoms with E-state index in [1.807, 2.05) is 37.3 Å². The summed E-state index contributed by atoms with van der Waals surface area (Å²) >= 11 is 0. The Balaban J connectivity index is 1.75. The first-order valence-electron chi connectivity index (χ1n) is 19.3. The monoisotopic (exact) mass is 758 g/mol. The maximum atomic E-state index is 13.6. The molecule has 0 saturated heterocycles. The first-order valence-corrected chi connectivity index (χ1v) is 23.1. The highest BCUT2D eigenvalue weighted by atomic mass is 28.4. The molecule has 0 unspecified atom stereocenters. The standard InChI is InChI=1S/C47H58O5Si2/c1-9-23-36(48)32-33-41-42(34-45(49)50-10-2)44(52-54(47(6,7)8,39-28-19-13-20-29-39)40-30-21-14-22-31-40)35-43(41)51-53(46(3,4)5,37-24-15-11-16-25-37)38-26-17-12-18-27-38/h1,11-22,24-33,36,41-44,48H,10,23,34-35H2,2-8H3/b33-32+/t36-,41+,42-,43+,44-/m1/s1. The predicted octanol–water partition coefficient (Wildman–Crippen LogP) is 7.41. The summed E-state index contributed by atoms with van der Waals surface area (Å²) in [5.74, 6) is 1.73. The summed E-state index contributed by atoms with van der Waals surface area (Å²) in [6.07, 6.45) is 8.80. The van der Waals surface area contributed by atoms with Crippen molar-refractivity contribution < 1.29 is 23.5 Å². The number of terminal acetylenes is 1. The van der Waals surface area contributed by atoms with E-state index in [9.17, 15) is 9.90 Å². The van der Waals surface area contributed by atoms with Gasteiger partial charge in [0, 0.05) is 18.3 Å². The molecule has 1 saturated carbocycles. The van der Waals surface area contributed by atoms with Crippen LogP contribution in [0.15, 0.2) is 133 Å². The van der Waals surface area contributed by atoms with Gasteiger partial charge in [0.1, 0.15) is 0 Å². The van der Waals surface area contributed by atoms with Gasteiger partial charge in [-0.25, -0.2) is 0 Å². The molecule has 5 nitrogen and oxygen atoms in total. The maximum Gasteiger partial charge on any atom is 0.306 e. The van der Waals surface area contributed by atoms with Gasteiger partial charge in [-0.1, -0.05) is 175 Å². The number of aliphatic hydroxyl groups is 1. The van der Waals surface area contributed by atoms with Crippen LogP contribution in [0.5, 0.6) is 0 Å². The van der Waals surface area contributed by atoms with Crippen LogP contribution in [0.1, 0.15) is 67.7 Å². The van der Waals surface area contributed by atoms with Crippen molar-refractivity contribution in [2.75, 3.05) is 6.61 Å². The maximum absolute atomic E-state index is 13.6. The number of carbonyl (C=O) groups excluding carboxylic acids is 1. The van der Waals surface area contributed by atoms with Crippen molar-refractivity contribution in [3.63, 3.8) is 0 Å². The van der Waals surface area contributed by atoms with Crippen LogP contribution in [0.4, 0.5) is 0 Å². The Labute approximate surface area is 326 Å². The lowest BCUT2D eigenvalue weighted by Crippen LogP contribution is -2.68. The number of hydrogen-bond acceptors (Lipinski definition) is 5. The molecular formula is C47H58O5Si2. The summed E-state index contributed by atoms with van der Waals surface area (Å²) in [5.41, 5.74) is 0. The molecule has 0 heterocycles. The minimum absolute atomic E-state index is 0.150. The van der Waals surface area contributed by atoms with Crippen LogP contribution in [0.25, 0.3) is 0 Å². The van der Waals surface area contributed by atoms with Crippen LogP contribution in [-0.4, -0.2) is 52.6 Å². The number of aliphatic hydroxyl groups excluding tert-OH is 1. The Morgan fingerprint density at radius 3 is 1.48 bits per heavy atom. The highest BCUT2D eigenvalue weighted by Gasteiger charge is 2.58. The van der Waals surface area contributed by atoms with Crippen LogP contribution in [0.3, 0.4) is 0 Å². The molecule has 0 spiro atoms. The molecule has 1 aliphatic carbocycles. The minimum Gasteiger partial charge on any atom is -0.466 e. The zero-order chi connectivity index (χ0) is 39.0. The van der Waals surface area contributed by atoms with E-state index < -0.39 is 22.7 Å². The first-order chi connectivity index (χ1) is 25.8. The SMILES string of the molecule is C#CC[C@@H](O)/C=C/[C@H]1[C@@H](CC(=O)OCC)[C@H](O[Si](c2ccccc2)(c2ccccc2)C(C)(C)C)C[C@@H]1O[Si](c1ccccc1)(c1ccccc1)C(C)(C)C. The van der Waals surface area contributed by atoms with Crippen LogP contribution in [-0.2, 0) is 18.4 Å². The molecule has 284 valence electrons.